The molecule has 0 spiro atoms. The molecule has 1 N–H and O–H groups in total. The summed E-state index contributed by atoms with van der Waals surface area (Å²) in [6, 6.07) is 24.8. The SMILES string of the molecule is CCC(C(=O)Nc1ccc(N(C)C)cc1)N(Cc1ccccc1C)C(=O)Cc1ccccc1. The van der Waals surface area contributed by atoms with Gasteiger partial charge >= 0.3 is 0 Å². The molecular weight excluding hydrogens is 410 g/mol. The molecular formula is C28H33N3O2. The fourth-order valence-corrected chi connectivity index (χ4v) is 3.83. The van der Waals surface area contributed by atoms with Gasteiger partial charge in [0, 0.05) is 32.0 Å². The summed E-state index contributed by atoms with van der Waals surface area (Å²) >= 11 is 0. The molecule has 5 heteroatoms. The summed E-state index contributed by atoms with van der Waals surface area (Å²) in [6.45, 7) is 4.37. The molecule has 3 aromatic carbocycles. The van der Waals surface area contributed by atoms with Gasteiger partial charge in [-0.25, -0.2) is 0 Å². The molecule has 0 aliphatic carbocycles. The lowest BCUT2D eigenvalue weighted by Gasteiger charge is -2.31. The highest BCUT2D eigenvalue weighted by Crippen LogP contribution is 2.20. The maximum atomic E-state index is 13.4. The van der Waals surface area contributed by atoms with Crippen LogP contribution in [0.4, 0.5) is 11.4 Å². The first-order valence-electron chi connectivity index (χ1n) is 11.3. The molecule has 0 bridgehead atoms. The second kappa shape index (κ2) is 11.3. The van der Waals surface area contributed by atoms with Gasteiger partial charge in [-0.2, -0.15) is 0 Å². The fraction of sp³-hybridized carbons (Fsp3) is 0.286. The summed E-state index contributed by atoms with van der Waals surface area (Å²) in [5.74, 6) is -0.237. The van der Waals surface area contributed by atoms with Gasteiger partial charge in [-0.3, -0.25) is 9.59 Å². The molecule has 0 saturated carbocycles. The van der Waals surface area contributed by atoms with Crippen molar-refractivity contribution in [3.05, 3.63) is 95.6 Å². The van der Waals surface area contributed by atoms with E-state index in [1.807, 2.05) is 112 Å². The van der Waals surface area contributed by atoms with Crippen LogP contribution in [0.2, 0.25) is 0 Å². The third-order valence-electron chi connectivity index (χ3n) is 5.84. The zero-order valence-corrected chi connectivity index (χ0v) is 19.9. The summed E-state index contributed by atoms with van der Waals surface area (Å²) in [6.07, 6.45) is 0.780. The van der Waals surface area contributed by atoms with E-state index < -0.39 is 6.04 Å². The minimum absolute atomic E-state index is 0.0607. The van der Waals surface area contributed by atoms with Crippen molar-refractivity contribution in [1.82, 2.24) is 4.90 Å². The van der Waals surface area contributed by atoms with Gasteiger partial charge in [-0.15, -0.1) is 0 Å². The quantitative estimate of drug-likeness (QED) is 0.504. The molecule has 172 valence electrons. The van der Waals surface area contributed by atoms with E-state index in [0.717, 1.165) is 28.1 Å². The van der Waals surface area contributed by atoms with E-state index in [2.05, 4.69) is 5.32 Å². The lowest BCUT2D eigenvalue weighted by atomic mass is 10.0. The van der Waals surface area contributed by atoms with E-state index in [0.29, 0.717) is 13.0 Å². The third-order valence-corrected chi connectivity index (χ3v) is 5.84. The molecule has 1 atom stereocenters. The highest BCUT2D eigenvalue weighted by Gasteiger charge is 2.29. The Kier molecular flexibility index (Phi) is 8.25. The van der Waals surface area contributed by atoms with Crippen LogP contribution >= 0.6 is 0 Å². The molecule has 3 aromatic rings. The normalized spacial score (nSPS) is 11.5. The Morgan fingerprint density at radius 1 is 0.879 bits per heavy atom. The van der Waals surface area contributed by atoms with Gasteiger partial charge in [-0.05, 0) is 54.3 Å². The summed E-state index contributed by atoms with van der Waals surface area (Å²) in [5, 5.41) is 3.01. The fourth-order valence-electron chi connectivity index (χ4n) is 3.83. The third kappa shape index (κ3) is 6.45. The van der Waals surface area contributed by atoms with E-state index >= 15 is 0 Å². The number of nitrogens with one attached hydrogen (secondary N) is 1. The van der Waals surface area contributed by atoms with Crippen LogP contribution in [0.5, 0.6) is 0 Å². The second-order valence-electron chi connectivity index (χ2n) is 8.47. The Balaban J connectivity index is 1.84. The van der Waals surface area contributed by atoms with Crippen LogP contribution in [0.1, 0.15) is 30.0 Å². The standard InChI is InChI=1S/C28H33N3O2/c1-5-26(28(33)29-24-15-17-25(18-16-24)30(3)4)31(20-23-14-10-9-11-21(23)2)27(32)19-22-12-7-6-8-13-22/h6-18,26H,5,19-20H2,1-4H3,(H,29,33). The van der Waals surface area contributed by atoms with Gasteiger partial charge in [0.25, 0.3) is 0 Å². The Hall–Kier alpha value is -3.60. The lowest BCUT2D eigenvalue weighted by Crippen LogP contribution is -2.47. The summed E-state index contributed by atoms with van der Waals surface area (Å²) in [5.41, 5.74) is 4.85. The minimum Gasteiger partial charge on any atom is -0.378 e. The number of hydrogen-bond donors (Lipinski definition) is 1. The van der Waals surface area contributed by atoms with Crippen molar-refractivity contribution in [2.45, 2.75) is 39.3 Å². The molecule has 0 heterocycles. The van der Waals surface area contributed by atoms with Crippen LogP contribution in [0.3, 0.4) is 0 Å². The smallest absolute Gasteiger partial charge is 0.247 e. The lowest BCUT2D eigenvalue weighted by molar-refractivity contribution is -0.139. The van der Waals surface area contributed by atoms with Crippen molar-refractivity contribution in [2.75, 3.05) is 24.3 Å². The largest absolute Gasteiger partial charge is 0.378 e. The number of carbonyl (C=O) groups excluding carboxylic acids is 2. The van der Waals surface area contributed by atoms with Gasteiger partial charge in [0.05, 0.1) is 6.42 Å². The van der Waals surface area contributed by atoms with Crippen LogP contribution < -0.4 is 10.2 Å². The molecule has 0 aliphatic rings. The summed E-state index contributed by atoms with van der Waals surface area (Å²) < 4.78 is 0. The molecule has 0 saturated heterocycles. The molecule has 33 heavy (non-hydrogen) atoms. The first-order chi connectivity index (χ1) is 15.9. The number of nitrogens with zero attached hydrogens (tertiary/aromatic N) is 2. The van der Waals surface area contributed by atoms with Crippen molar-refractivity contribution in [1.29, 1.82) is 0 Å². The van der Waals surface area contributed by atoms with E-state index in [9.17, 15) is 9.59 Å². The van der Waals surface area contributed by atoms with Crippen molar-refractivity contribution in [3.8, 4) is 0 Å². The van der Waals surface area contributed by atoms with Crippen LogP contribution in [0.15, 0.2) is 78.9 Å². The van der Waals surface area contributed by atoms with Gasteiger partial charge in [0.15, 0.2) is 0 Å². The number of carbonyl (C=O) groups is 2. The van der Waals surface area contributed by atoms with Crippen LogP contribution in [-0.4, -0.2) is 36.9 Å². The molecule has 5 nitrogen and oxygen atoms in total. The summed E-state index contributed by atoms with van der Waals surface area (Å²) in [7, 11) is 3.95. The molecule has 0 aromatic heterocycles. The number of aryl methyl sites for hydroxylation is 1. The van der Waals surface area contributed by atoms with Gasteiger partial charge in [-0.1, -0.05) is 61.5 Å². The Morgan fingerprint density at radius 2 is 1.52 bits per heavy atom. The van der Waals surface area contributed by atoms with E-state index in [1.54, 1.807) is 4.90 Å². The van der Waals surface area contributed by atoms with Crippen molar-refractivity contribution < 1.29 is 9.59 Å². The van der Waals surface area contributed by atoms with Crippen LogP contribution in [0, 0.1) is 6.92 Å². The average Bonchev–Trinajstić information content (AvgIpc) is 2.81. The first-order valence-corrected chi connectivity index (χ1v) is 11.3. The maximum Gasteiger partial charge on any atom is 0.247 e. The van der Waals surface area contributed by atoms with Crippen LogP contribution in [-0.2, 0) is 22.6 Å². The zero-order chi connectivity index (χ0) is 23.8. The van der Waals surface area contributed by atoms with Crippen molar-refractivity contribution in [3.63, 3.8) is 0 Å². The number of anilines is 2. The Labute approximate surface area is 197 Å². The summed E-state index contributed by atoms with van der Waals surface area (Å²) in [4.78, 5) is 30.5. The predicted octanol–water partition coefficient (Wildman–Crippen LogP) is 5.05. The Bertz CT molecular complexity index is 1060. The molecule has 0 aliphatic heterocycles. The van der Waals surface area contributed by atoms with E-state index in [4.69, 9.17) is 0 Å². The van der Waals surface area contributed by atoms with Crippen molar-refractivity contribution in [2.24, 2.45) is 0 Å². The molecule has 0 radical (unpaired) electrons. The van der Waals surface area contributed by atoms with Gasteiger partial charge in [0.1, 0.15) is 6.04 Å². The monoisotopic (exact) mass is 443 g/mol. The number of rotatable bonds is 9. The van der Waals surface area contributed by atoms with Gasteiger partial charge in [0.2, 0.25) is 11.8 Å². The average molecular weight is 444 g/mol. The molecule has 2 amide bonds. The minimum atomic E-state index is -0.575. The highest BCUT2D eigenvalue weighted by atomic mass is 16.2. The predicted molar refractivity (Wildman–Crippen MR) is 135 cm³/mol. The molecule has 1 unspecified atom stereocenters. The van der Waals surface area contributed by atoms with Crippen molar-refractivity contribution >= 4 is 23.2 Å². The van der Waals surface area contributed by atoms with E-state index in [1.165, 1.54) is 0 Å². The maximum absolute atomic E-state index is 13.4. The molecule has 3 rings (SSSR count). The van der Waals surface area contributed by atoms with E-state index in [-0.39, 0.29) is 18.2 Å². The Morgan fingerprint density at radius 3 is 2.12 bits per heavy atom. The molecule has 0 fully saturated rings. The second-order valence-corrected chi connectivity index (χ2v) is 8.47. The highest BCUT2D eigenvalue weighted by molar-refractivity contribution is 5.97. The zero-order valence-electron chi connectivity index (χ0n) is 19.9. The van der Waals surface area contributed by atoms with Crippen LogP contribution in [0.25, 0.3) is 0 Å². The number of benzene rings is 3. The number of amides is 2. The number of hydrogen-bond acceptors (Lipinski definition) is 3. The first kappa shape index (κ1) is 24.1. The topological polar surface area (TPSA) is 52.7 Å². The van der Waals surface area contributed by atoms with Gasteiger partial charge < -0.3 is 15.1 Å².